The minimum absolute atomic E-state index is 0. The summed E-state index contributed by atoms with van der Waals surface area (Å²) in [4.78, 5) is 8.80. The first-order valence-corrected chi connectivity index (χ1v) is 7.09. The third kappa shape index (κ3) is 7.83. The summed E-state index contributed by atoms with van der Waals surface area (Å²) in [6.07, 6.45) is 5.19. The summed E-state index contributed by atoms with van der Waals surface area (Å²) >= 11 is 1.62. The monoisotopic (exact) mass is 370 g/mol. The highest BCUT2D eigenvalue weighted by Gasteiger charge is 2.04. The molecule has 2 rings (SSSR count). The Hall–Kier alpha value is -0.590. The van der Waals surface area contributed by atoms with E-state index < -0.39 is 0 Å². The summed E-state index contributed by atoms with van der Waals surface area (Å²) in [5.74, 6) is 0. The van der Waals surface area contributed by atoms with E-state index >= 15 is 0 Å². The zero-order valence-corrected chi connectivity index (χ0v) is 14.8. The second-order valence-corrected chi connectivity index (χ2v) is 4.89. The minimum atomic E-state index is 0. The molecule has 120 valence electrons. The van der Waals surface area contributed by atoms with Crippen molar-refractivity contribution in [3.05, 3.63) is 29.8 Å². The van der Waals surface area contributed by atoms with E-state index in [9.17, 15) is 0 Å². The third-order valence-electron chi connectivity index (χ3n) is 2.59. The molecule has 0 fully saturated rings. The molecule has 0 amide bonds. The Balaban J connectivity index is 0. The molecule has 0 bridgehead atoms. The van der Waals surface area contributed by atoms with Crippen LogP contribution in [0.1, 0.15) is 19.3 Å². The van der Waals surface area contributed by atoms with Gasteiger partial charge in [0.1, 0.15) is 5.69 Å². The van der Waals surface area contributed by atoms with Gasteiger partial charge in [-0.2, -0.15) is 0 Å². The summed E-state index contributed by atoms with van der Waals surface area (Å²) in [5.41, 5.74) is 7.31. The van der Waals surface area contributed by atoms with Crippen LogP contribution in [-0.4, -0.2) is 23.1 Å². The molecule has 0 aliphatic heterocycles. The van der Waals surface area contributed by atoms with Crippen LogP contribution in [0.2, 0.25) is 0 Å². The van der Waals surface area contributed by atoms with Gasteiger partial charge in [-0.1, -0.05) is 12.5 Å². The van der Waals surface area contributed by atoms with Crippen molar-refractivity contribution >= 4 is 53.7 Å². The van der Waals surface area contributed by atoms with Crippen molar-refractivity contribution in [2.24, 2.45) is 5.73 Å². The van der Waals surface area contributed by atoms with Gasteiger partial charge in [-0.3, -0.25) is 4.98 Å². The predicted octanol–water partition coefficient (Wildman–Crippen LogP) is 4.01. The van der Waals surface area contributed by atoms with Crippen molar-refractivity contribution in [3.63, 3.8) is 0 Å². The fourth-order valence-corrected chi connectivity index (χ4v) is 2.36. The first kappa shape index (κ1) is 22.7. The Morgan fingerprint density at radius 3 is 2.52 bits per heavy atom. The molecular formula is C13H21Cl3N4S. The first-order valence-electron chi connectivity index (χ1n) is 6.21. The van der Waals surface area contributed by atoms with Crippen LogP contribution in [0.5, 0.6) is 0 Å². The maximum Gasteiger partial charge on any atom is 0.183 e. The predicted molar refractivity (Wildman–Crippen MR) is 98.5 cm³/mol. The molecule has 0 saturated carbocycles. The summed E-state index contributed by atoms with van der Waals surface area (Å²) in [6.45, 7) is 1.73. The molecule has 0 unspecified atom stereocenters. The van der Waals surface area contributed by atoms with Crippen molar-refractivity contribution in [2.75, 3.05) is 18.4 Å². The third-order valence-corrected chi connectivity index (χ3v) is 3.39. The van der Waals surface area contributed by atoms with Gasteiger partial charge < -0.3 is 11.1 Å². The molecule has 2 aromatic rings. The Morgan fingerprint density at radius 1 is 1.05 bits per heavy atom. The van der Waals surface area contributed by atoms with Crippen LogP contribution in [0.4, 0.5) is 5.13 Å². The molecule has 0 aromatic carbocycles. The standard InChI is InChI=1S/C13H18N4S.3ClH/c14-7-3-1-4-9-16-13-17-12(10-18-13)11-6-2-5-8-15-11;;;/h2,5-6,8,10H,1,3-4,7,9,14H2,(H,16,17);3*1H. The highest BCUT2D eigenvalue weighted by atomic mass is 35.5. The van der Waals surface area contributed by atoms with E-state index in [1.807, 2.05) is 23.6 Å². The average Bonchev–Trinajstić information content (AvgIpc) is 2.88. The van der Waals surface area contributed by atoms with Crippen LogP contribution in [0.3, 0.4) is 0 Å². The number of aromatic nitrogens is 2. The number of halogens is 3. The van der Waals surface area contributed by atoms with Crippen LogP contribution in [0.15, 0.2) is 29.8 Å². The minimum Gasteiger partial charge on any atom is -0.362 e. The molecule has 2 heterocycles. The van der Waals surface area contributed by atoms with Crippen molar-refractivity contribution < 1.29 is 0 Å². The Kier molecular flexibility index (Phi) is 14.2. The average molecular weight is 372 g/mol. The summed E-state index contributed by atoms with van der Waals surface area (Å²) < 4.78 is 0. The molecule has 0 spiro atoms. The van der Waals surface area contributed by atoms with E-state index in [4.69, 9.17) is 5.73 Å². The number of thiazole rings is 1. The van der Waals surface area contributed by atoms with E-state index in [1.165, 1.54) is 6.42 Å². The first-order chi connectivity index (χ1) is 8.90. The fourth-order valence-electron chi connectivity index (χ4n) is 1.63. The van der Waals surface area contributed by atoms with Gasteiger partial charge >= 0.3 is 0 Å². The lowest BCUT2D eigenvalue weighted by molar-refractivity contribution is 0.707. The summed E-state index contributed by atoms with van der Waals surface area (Å²) in [6, 6.07) is 5.86. The highest BCUT2D eigenvalue weighted by Crippen LogP contribution is 2.22. The zero-order chi connectivity index (χ0) is 12.6. The summed E-state index contributed by atoms with van der Waals surface area (Å²) in [5, 5.41) is 6.33. The van der Waals surface area contributed by atoms with Gasteiger partial charge in [-0.25, -0.2) is 4.98 Å². The van der Waals surface area contributed by atoms with Gasteiger partial charge in [-0.05, 0) is 31.5 Å². The van der Waals surface area contributed by atoms with Crippen LogP contribution >= 0.6 is 48.6 Å². The second kappa shape index (κ2) is 13.1. The largest absolute Gasteiger partial charge is 0.362 e. The van der Waals surface area contributed by atoms with Gasteiger partial charge in [0, 0.05) is 18.1 Å². The molecule has 8 heteroatoms. The van der Waals surface area contributed by atoms with E-state index in [0.717, 1.165) is 42.5 Å². The topological polar surface area (TPSA) is 63.8 Å². The van der Waals surface area contributed by atoms with Crippen molar-refractivity contribution in [1.82, 2.24) is 9.97 Å². The maximum absolute atomic E-state index is 5.45. The quantitative estimate of drug-likeness (QED) is 0.722. The fraction of sp³-hybridized carbons (Fsp3) is 0.385. The Morgan fingerprint density at radius 2 is 1.86 bits per heavy atom. The number of pyridine rings is 1. The number of anilines is 1. The van der Waals surface area contributed by atoms with Gasteiger partial charge in [0.15, 0.2) is 5.13 Å². The lowest BCUT2D eigenvalue weighted by Gasteiger charge is -2.01. The van der Waals surface area contributed by atoms with E-state index in [-0.39, 0.29) is 37.2 Å². The number of nitrogens with two attached hydrogens (primary N) is 1. The highest BCUT2D eigenvalue weighted by molar-refractivity contribution is 7.14. The van der Waals surface area contributed by atoms with E-state index in [0.29, 0.717) is 0 Å². The number of nitrogens with one attached hydrogen (secondary N) is 1. The van der Waals surface area contributed by atoms with Crippen molar-refractivity contribution in [3.8, 4) is 11.4 Å². The Bertz CT molecular complexity index is 467. The second-order valence-electron chi connectivity index (χ2n) is 4.03. The lowest BCUT2D eigenvalue weighted by Crippen LogP contribution is -2.03. The Labute approximate surface area is 148 Å². The lowest BCUT2D eigenvalue weighted by atomic mass is 10.2. The van der Waals surface area contributed by atoms with Crippen LogP contribution in [-0.2, 0) is 0 Å². The van der Waals surface area contributed by atoms with Gasteiger partial charge in [0.25, 0.3) is 0 Å². The molecule has 4 nitrogen and oxygen atoms in total. The van der Waals surface area contributed by atoms with Gasteiger partial charge in [0.2, 0.25) is 0 Å². The van der Waals surface area contributed by atoms with Crippen molar-refractivity contribution in [1.29, 1.82) is 0 Å². The number of hydrogen-bond donors (Lipinski definition) is 2. The van der Waals surface area contributed by atoms with E-state index in [2.05, 4.69) is 15.3 Å². The van der Waals surface area contributed by atoms with E-state index in [1.54, 1.807) is 17.5 Å². The number of unbranched alkanes of at least 4 members (excludes halogenated alkanes) is 2. The SMILES string of the molecule is Cl.Cl.Cl.NCCCCCNc1nc(-c2ccccn2)cs1. The number of nitrogens with zero attached hydrogens (tertiary/aromatic N) is 2. The molecular weight excluding hydrogens is 351 g/mol. The van der Waals surface area contributed by atoms with Gasteiger partial charge in [0.05, 0.1) is 5.69 Å². The molecule has 21 heavy (non-hydrogen) atoms. The number of hydrogen-bond acceptors (Lipinski definition) is 5. The van der Waals surface area contributed by atoms with Crippen molar-refractivity contribution in [2.45, 2.75) is 19.3 Å². The van der Waals surface area contributed by atoms with Crippen LogP contribution < -0.4 is 11.1 Å². The normalized spacial score (nSPS) is 9.00. The zero-order valence-electron chi connectivity index (χ0n) is 11.5. The number of rotatable bonds is 7. The maximum atomic E-state index is 5.45. The molecule has 0 saturated heterocycles. The molecule has 2 aromatic heterocycles. The molecule has 3 N–H and O–H groups in total. The summed E-state index contributed by atoms with van der Waals surface area (Å²) in [7, 11) is 0. The molecule has 0 radical (unpaired) electrons. The molecule has 0 atom stereocenters. The van der Waals surface area contributed by atoms with Crippen LogP contribution in [0, 0.1) is 0 Å². The smallest absolute Gasteiger partial charge is 0.183 e. The van der Waals surface area contributed by atoms with Gasteiger partial charge in [-0.15, -0.1) is 48.6 Å². The molecule has 0 aliphatic rings. The van der Waals surface area contributed by atoms with Crippen LogP contribution in [0.25, 0.3) is 11.4 Å². The molecule has 0 aliphatic carbocycles.